The Kier molecular flexibility index (Phi) is 2.12. The predicted octanol–water partition coefficient (Wildman–Crippen LogP) is 2.89. The van der Waals surface area contributed by atoms with Crippen LogP contribution in [0, 0.1) is 0 Å². The monoisotopic (exact) mass is 240 g/mol. The van der Waals surface area contributed by atoms with Crippen LogP contribution in [0.3, 0.4) is 0 Å². The Morgan fingerprint density at radius 1 is 1.22 bits per heavy atom. The van der Waals surface area contributed by atoms with Crippen molar-refractivity contribution < 1.29 is 4.79 Å². The zero-order valence-electron chi connectivity index (χ0n) is 10.3. The van der Waals surface area contributed by atoms with Crippen LogP contribution < -0.4 is 0 Å². The number of carbonyl (C=O) groups is 1. The number of aromatic amines is 1. The molecule has 1 N–H and O–H groups in total. The lowest BCUT2D eigenvalue weighted by molar-refractivity contribution is 0.0787. The van der Waals surface area contributed by atoms with E-state index in [9.17, 15) is 4.79 Å². The van der Waals surface area contributed by atoms with Crippen LogP contribution >= 0.6 is 0 Å². The number of nitrogens with zero attached hydrogens (tertiary/aromatic N) is 1. The molecule has 0 bridgehead atoms. The Morgan fingerprint density at radius 3 is 3.06 bits per heavy atom. The second-order valence-corrected chi connectivity index (χ2v) is 5.36. The van der Waals surface area contributed by atoms with Gasteiger partial charge in [0.05, 0.1) is 12.2 Å². The summed E-state index contributed by atoms with van der Waals surface area (Å²) in [5.74, 6) is 0.249. The number of hydrogen-bond acceptors (Lipinski definition) is 2. The molecule has 0 aliphatic carbocycles. The first-order valence-electron chi connectivity index (χ1n) is 6.72. The zero-order valence-corrected chi connectivity index (χ0v) is 10.3. The van der Waals surface area contributed by atoms with E-state index in [0.29, 0.717) is 12.6 Å². The van der Waals surface area contributed by atoms with Crippen molar-refractivity contribution in [1.29, 1.82) is 0 Å². The van der Waals surface area contributed by atoms with Crippen LogP contribution in [-0.4, -0.2) is 28.8 Å². The number of aromatic nitrogens is 1. The van der Waals surface area contributed by atoms with Gasteiger partial charge in [-0.1, -0.05) is 24.6 Å². The van der Waals surface area contributed by atoms with Gasteiger partial charge in [-0.05, 0) is 25.5 Å². The largest absolute Gasteiger partial charge is 0.352 e. The number of carbonyl (C=O) groups excluding carboxylic acids is 1. The van der Waals surface area contributed by atoms with Gasteiger partial charge in [0, 0.05) is 22.5 Å². The Bertz CT molecular complexity index is 628. The SMILES string of the molecule is O=C1CN2CCCCC2c2c1[nH]c1ccccc21. The molecule has 92 valence electrons. The van der Waals surface area contributed by atoms with Gasteiger partial charge in [0.15, 0.2) is 5.78 Å². The number of H-pyrrole nitrogens is 1. The van der Waals surface area contributed by atoms with Crippen molar-refractivity contribution in [2.24, 2.45) is 0 Å². The summed E-state index contributed by atoms with van der Waals surface area (Å²) < 4.78 is 0. The van der Waals surface area contributed by atoms with Gasteiger partial charge >= 0.3 is 0 Å². The molecule has 0 saturated carbocycles. The highest BCUT2D eigenvalue weighted by atomic mass is 16.1. The third kappa shape index (κ3) is 1.31. The van der Waals surface area contributed by atoms with Gasteiger partial charge < -0.3 is 4.98 Å². The highest BCUT2D eigenvalue weighted by molar-refractivity contribution is 6.04. The van der Waals surface area contributed by atoms with Crippen LogP contribution in [-0.2, 0) is 0 Å². The highest BCUT2D eigenvalue weighted by Crippen LogP contribution is 2.40. The average molecular weight is 240 g/mol. The van der Waals surface area contributed by atoms with Gasteiger partial charge in [-0.3, -0.25) is 9.69 Å². The van der Waals surface area contributed by atoms with Gasteiger partial charge in [0.25, 0.3) is 0 Å². The van der Waals surface area contributed by atoms with E-state index in [-0.39, 0.29) is 5.78 Å². The second kappa shape index (κ2) is 3.69. The van der Waals surface area contributed by atoms with Crippen LogP contribution in [0.2, 0.25) is 0 Å². The number of Topliss-reactive ketones (excluding diaryl/α,β-unsaturated/α-hetero) is 1. The summed E-state index contributed by atoms with van der Waals surface area (Å²) in [6.07, 6.45) is 3.68. The number of benzene rings is 1. The van der Waals surface area contributed by atoms with Crippen LogP contribution in [0.1, 0.15) is 41.4 Å². The van der Waals surface area contributed by atoms with Gasteiger partial charge in [0.2, 0.25) is 0 Å². The maximum atomic E-state index is 12.2. The van der Waals surface area contributed by atoms with E-state index in [1.807, 2.05) is 6.07 Å². The minimum Gasteiger partial charge on any atom is -0.352 e. The van der Waals surface area contributed by atoms with Crippen LogP contribution in [0.25, 0.3) is 10.9 Å². The molecule has 18 heavy (non-hydrogen) atoms. The molecule has 2 aliphatic heterocycles. The number of ketones is 1. The number of rotatable bonds is 0. The quantitative estimate of drug-likeness (QED) is 0.768. The molecule has 0 spiro atoms. The minimum atomic E-state index is 0.249. The van der Waals surface area contributed by atoms with Crippen molar-refractivity contribution >= 4 is 16.7 Å². The Labute approximate surface area is 106 Å². The molecule has 0 amide bonds. The fraction of sp³-hybridized carbons (Fsp3) is 0.400. The lowest BCUT2D eigenvalue weighted by atomic mass is 9.88. The van der Waals surface area contributed by atoms with Crippen molar-refractivity contribution in [3.05, 3.63) is 35.5 Å². The summed E-state index contributed by atoms with van der Waals surface area (Å²) in [5.41, 5.74) is 3.21. The maximum Gasteiger partial charge on any atom is 0.193 e. The fourth-order valence-electron chi connectivity index (χ4n) is 3.50. The van der Waals surface area contributed by atoms with E-state index in [2.05, 4.69) is 28.1 Å². The number of nitrogens with one attached hydrogen (secondary N) is 1. The summed E-state index contributed by atoms with van der Waals surface area (Å²) in [5, 5.41) is 1.23. The predicted molar refractivity (Wildman–Crippen MR) is 70.8 cm³/mol. The van der Waals surface area contributed by atoms with Crippen molar-refractivity contribution in [3.63, 3.8) is 0 Å². The second-order valence-electron chi connectivity index (χ2n) is 5.36. The van der Waals surface area contributed by atoms with Gasteiger partial charge in [-0.2, -0.15) is 0 Å². The van der Waals surface area contributed by atoms with Gasteiger partial charge in [-0.15, -0.1) is 0 Å². The molecule has 2 aromatic rings. The molecule has 1 aromatic carbocycles. The van der Waals surface area contributed by atoms with Gasteiger partial charge in [0.1, 0.15) is 0 Å². The lowest BCUT2D eigenvalue weighted by Crippen LogP contribution is -2.41. The standard InChI is InChI=1S/C15H16N2O/c18-13-9-17-8-4-3-7-12(17)14-10-5-1-2-6-11(10)16-15(13)14/h1-2,5-6,12,16H,3-4,7-9H2. The average Bonchev–Trinajstić information content (AvgIpc) is 2.79. The molecule has 3 heterocycles. The van der Waals surface area contributed by atoms with Crippen molar-refractivity contribution in [2.45, 2.75) is 25.3 Å². The van der Waals surface area contributed by atoms with Crippen LogP contribution in [0.5, 0.6) is 0 Å². The molecule has 1 fully saturated rings. The summed E-state index contributed by atoms with van der Waals surface area (Å²) >= 11 is 0. The molecule has 3 heteroatoms. The Morgan fingerprint density at radius 2 is 2.11 bits per heavy atom. The van der Waals surface area contributed by atoms with E-state index < -0.39 is 0 Å². The van der Waals surface area contributed by atoms with E-state index in [1.165, 1.54) is 30.2 Å². The molecule has 1 unspecified atom stereocenters. The Balaban J connectivity index is 1.98. The minimum absolute atomic E-state index is 0.249. The molecule has 2 aliphatic rings. The third-order valence-corrected chi connectivity index (χ3v) is 4.32. The van der Waals surface area contributed by atoms with E-state index in [1.54, 1.807) is 0 Å². The van der Waals surface area contributed by atoms with Crippen LogP contribution in [0.4, 0.5) is 0 Å². The first kappa shape index (κ1) is 10.3. The first-order valence-corrected chi connectivity index (χ1v) is 6.72. The molecule has 1 atom stereocenters. The number of piperidine rings is 1. The maximum absolute atomic E-state index is 12.2. The van der Waals surface area contributed by atoms with E-state index >= 15 is 0 Å². The number of para-hydroxylation sites is 1. The van der Waals surface area contributed by atoms with Crippen LogP contribution in [0.15, 0.2) is 24.3 Å². The molecule has 4 rings (SSSR count). The normalized spacial score (nSPS) is 24.0. The topological polar surface area (TPSA) is 36.1 Å². The molecule has 3 nitrogen and oxygen atoms in total. The number of fused-ring (bicyclic) bond motifs is 5. The summed E-state index contributed by atoms with van der Waals surface area (Å²) in [7, 11) is 0. The smallest absolute Gasteiger partial charge is 0.193 e. The number of hydrogen-bond donors (Lipinski definition) is 1. The molecule has 1 saturated heterocycles. The molecule has 1 aromatic heterocycles. The first-order chi connectivity index (χ1) is 8.84. The fourth-order valence-corrected chi connectivity index (χ4v) is 3.50. The summed E-state index contributed by atoms with van der Waals surface area (Å²) in [6.45, 7) is 1.65. The van der Waals surface area contributed by atoms with E-state index in [4.69, 9.17) is 0 Å². The van der Waals surface area contributed by atoms with Crippen molar-refractivity contribution in [1.82, 2.24) is 9.88 Å². The molecular weight excluding hydrogens is 224 g/mol. The molecular formula is C15H16N2O. The van der Waals surface area contributed by atoms with Gasteiger partial charge in [-0.25, -0.2) is 0 Å². The lowest BCUT2D eigenvalue weighted by Gasteiger charge is -2.38. The summed E-state index contributed by atoms with van der Waals surface area (Å²) in [6, 6.07) is 8.72. The molecule has 0 radical (unpaired) electrons. The van der Waals surface area contributed by atoms with Crippen molar-refractivity contribution in [2.75, 3.05) is 13.1 Å². The van der Waals surface area contributed by atoms with Crippen molar-refractivity contribution in [3.8, 4) is 0 Å². The third-order valence-electron chi connectivity index (χ3n) is 4.32. The summed E-state index contributed by atoms with van der Waals surface area (Å²) in [4.78, 5) is 17.9. The zero-order chi connectivity index (χ0) is 12.1. The van der Waals surface area contributed by atoms with E-state index in [0.717, 1.165) is 17.8 Å². The highest BCUT2D eigenvalue weighted by Gasteiger charge is 2.36. The Hall–Kier alpha value is -1.61.